The van der Waals surface area contributed by atoms with Gasteiger partial charge in [0.2, 0.25) is 0 Å². The quantitative estimate of drug-likeness (QED) is 0.385. The molecular formula is C24H18Cl2N4O2. The highest BCUT2D eigenvalue weighted by Crippen LogP contribution is 2.63. The SMILES string of the molecule is Clc1cc2nc(C3C4Oc5ccc(Oc6ccnc7c6CCCN7)cc5C43)[nH]c2cc1Cl. The minimum absolute atomic E-state index is 0.0876. The fraction of sp³-hybridized carbons (Fsp3) is 0.250. The molecule has 0 spiro atoms. The molecule has 1 saturated carbocycles. The van der Waals surface area contributed by atoms with E-state index in [0.717, 1.165) is 70.4 Å². The number of hydrogen-bond donors (Lipinski definition) is 2. The summed E-state index contributed by atoms with van der Waals surface area (Å²) in [4.78, 5) is 12.6. The van der Waals surface area contributed by atoms with Crippen molar-refractivity contribution in [3.05, 3.63) is 69.6 Å². The third-order valence-corrected chi connectivity index (χ3v) is 7.27. The predicted octanol–water partition coefficient (Wildman–Crippen LogP) is 6.06. The van der Waals surface area contributed by atoms with Gasteiger partial charge in [0.05, 0.1) is 27.0 Å². The third-order valence-electron chi connectivity index (χ3n) is 6.55. The topological polar surface area (TPSA) is 72.1 Å². The molecule has 0 radical (unpaired) electrons. The van der Waals surface area contributed by atoms with E-state index >= 15 is 0 Å². The van der Waals surface area contributed by atoms with Gasteiger partial charge in [-0.3, -0.25) is 0 Å². The maximum Gasteiger partial charge on any atom is 0.135 e. The van der Waals surface area contributed by atoms with Crippen molar-refractivity contribution in [3.8, 4) is 17.2 Å². The van der Waals surface area contributed by atoms with Gasteiger partial charge < -0.3 is 19.8 Å². The first-order valence-corrected chi connectivity index (χ1v) is 11.5. The number of pyridine rings is 1. The highest BCUT2D eigenvalue weighted by molar-refractivity contribution is 6.42. The first-order valence-electron chi connectivity index (χ1n) is 10.7. The summed E-state index contributed by atoms with van der Waals surface area (Å²) < 4.78 is 12.5. The second kappa shape index (κ2) is 6.77. The first-order chi connectivity index (χ1) is 15.7. The van der Waals surface area contributed by atoms with Gasteiger partial charge in [0, 0.05) is 29.8 Å². The van der Waals surface area contributed by atoms with Crippen molar-refractivity contribution >= 4 is 40.1 Å². The van der Waals surface area contributed by atoms with E-state index in [9.17, 15) is 0 Å². The van der Waals surface area contributed by atoms with E-state index in [4.69, 9.17) is 37.7 Å². The summed E-state index contributed by atoms with van der Waals surface area (Å²) in [5.74, 6) is 4.85. The molecule has 0 saturated heterocycles. The summed E-state index contributed by atoms with van der Waals surface area (Å²) in [5, 5.41) is 4.37. The number of nitrogens with zero attached hydrogens (tertiary/aromatic N) is 2. The van der Waals surface area contributed by atoms with Crippen LogP contribution in [0.3, 0.4) is 0 Å². The molecule has 3 aliphatic rings. The molecule has 7 rings (SSSR count). The molecule has 1 aliphatic carbocycles. The number of nitrogens with one attached hydrogen (secondary N) is 2. The zero-order valence-electron chi connectivity index (χ0n) is 16.9. The number of benzene rings is 2. The Bertz CT molecular complexity index is 1360. The molecule has 160 valence electrons. The van der Waals surface area contributed by atoms with Crippen molar-refractivity contribution in [1.29, 1.82) is 0 Å². The van der Waals surface area contributed by atoms with E-state index in [1.54, 1.807) is 12.3 Å². The van der Waals surface area contributed by atoms with Crippen LogP contribution >= 0.6 is 23.2 Å². The van der Waals surface area contributed by atoms with Crippen LogP contribution in [0.4, 0.5) is 5.82 Å². The lowest BCUT2D eigenvalue weighted by atomic mass is 10.1. The largest absolute Gasteiger partial charge is 0.489 e. The molecular weight excluding hydrogens is 447 g/mol. The van der Waals surface area contributed by atoms with Crippen molar-refractivity contribution < 1.29 is 9.47 Å². The standard InChI is InChI=1S/C24H18Cl2N4O2/c25-14-9-16-17(10-15(14)26)30-24(29-16)21-20-13-8-11(3-4-18(13)32-22(20)21)31-19-5-7-28-23-12(19)2-1-6-27-23/h3-5,7-10,20-22H,1-2,6H2,(H,27,28)(H,29,30). The number of ether oxygens (including phenoxy) is 2. The summed E-state index contributed by atoms with van der Waals surface area (Å²) in [6.07, 6.45) is 3.92. The van der Waals surface area contributed by atoms with Crippen LogP contribution in [-0.2, 0) is 6.42 Å². The number of anilines is 1. The van der Waals surface area contributed by atoms with Gasteiger partial charge in [-0.25, -0.2) is 9.97 Å². The molecule has 3 unspecified atom stereocenters. The molecule has 2 N–H and O–H groups in total. The van der Waals surface area contributed by atoms with E-state index in [1.807, 2.05) is 24.3 Å². The van der Waals surface area contributed by atoms with Gasteiger partial charge in [-0.05, 0) is 49.2 Å². The number of aromatic amines is 1. The van der Waals surface area contributed by atoms with Gasteiger partial charge in [0.1, 0.15) is 35.0 Å². The lowest BCUT2D eigenvalue weighted by molar-refractivity contribution is 0.308. The summed E-state index contributed by atoms with van der Waals surface area (Å²) in [6, 6.07) is 11.6. The molecule has 3 atom stereocenters. The lowest BCUT2D eigenvalue weighted by Gasteiger charge is -2.20. The molecule has 0 bridgehead atoms. The van der Waals surface area contributed by atoms with E-state index in [2.05, 4.69) is 21.4 Å². The van der Waals surface area contributed by atoms with Gasteiger partial charge in [-0.15, -0.1) is 0 Å². The summed E-state index contributed by atoms with van der Waals surface area (Å²) in [7, 11) is 0. The second-order valence-corrected chi connectivity index (χ2v) is 9.32. The second-order valence-electron chi connectivity index (χ2n) is 8.51. The fourth-order valence-corrected chi connectivity index (χ4v) is 5.30. The minimum atomic E-state index is 0.0876. The Kier molecular flexibility index (Phi) is 3.93. The van der Waals surface area contributed by atoms with Crippen molar-refractivity contribution in [2.45, 2.75) is 30.8 Å². The molecule has 0 amide bonds. The number of rotatable bonds is 3. The van der Waals surface area contributed by atoms with Gasteiger partial charge in [0.15, 0.2) is 0 Å². The maximum atomic E-state index is 6.30. The monoisotopic (exact) mass is 464 g/mol. The fourth-order valence-electron chi connectivity index (χ4n) is 4.98. The van der Waals surface area contributed by atoms with Crippen LogP contribution in [0.5, 0.6) is 17.2 Å². The van der Waals surface area contributed by atoms with E-state index in [1.165, 1.54) is 0 Å². The molecule has 4 heterocycles. The van der Waals surface area contributed by atoms with Crippen LogP contribution in [0.15, 0.2) is 42.6 Å². The van der Waals surface area contributed by atoms with Crippen LogP contribution in [0, 0.1) is 0 Å². The highest BCUT2D eigenvalue weighted by atomic mass is 35.5. The Hall–Kier alpha value is -2.96. The van der Waals surface area contributed by atoms with Crippen LogP contribution in [-0.4, -0.2) is 27.6 Å². The summed E-state index contributed by atoms with van der Waals surface area (Å²) in [6.45, 7) is 0.949. The van der Waals surface area contributed by atoms with Crippen molar-refractivity contribution in [2.24, 2.45) is 0 Å². The van der Waals surface area contributed by atoms with Crippen LogP contribution in [0.1, 0.15) is 35.2 Å². The molecule has 8 heteroatoms. The Morgan fingerprint density at radius 2 is 1.97 bits per heavy atom. The molecule has 2 aliphatic heterocycles. The molecule has 4 aromatic rings. The number of aromatic nitrogens is 3. The number of halogens is 2. The average molecular weight is 465 g/mol. The Morgan fingerprint density at radius 1 is 1.06 bits per heavy atom. The molecule has 1 fully saturated rings. The number of fused-ring (bicyclic) bond motifs is 5. The zero-order valence-corrected chi connectivity index (χ0v) is 18.4. The Labute approximate surface area is 193 Å². The lowest BCUT2D eigenvalue weighted by Crippen LogP contribution is -2.13. The smallest absolute Gasteiger partial charge is 0.135 e. The van der Waals surface area contributed by atoms with Crippen LogP contribution < -0.4 is 14.8 Å². The molecule has 2 aromatic heterocycles. The van der Waals surface area contributed by atoms with E-state index < -0.39 is 0 Å². The summed E-state index contributed by atoms with van der Waals surface area (Å²) in [5.41, 5.74) is 3.99. The van der Waals surface area contributed by atoms with Gasteiger partial charge in [-0.1, -0.05) is 23.2 Å². The molecule has 32 heavy (non-hydrogen) atoms. The third kappa shape index (κ3) is 2.79. The highest BCUT2D eigenvalue weighted by Gasteiger charge is 2.61. The number of imidazole rings is 1. The van der Waals surface area contributed by atoms with Crippen LogP contribution in [0.25, 0.3) is 11.0 Å². The number of H-pyrrole nitrogens is 1. The number of hydrogen-bond acceptors (Lipinski definition) is 5. The van der Waals surface area contributed by atoms with Gasteiger partial charge >= 0.3 is 0 Å². The predicted molar refractivity (Wildman–Crippen MR) is 124 cm³/mol. The zero-order chi connectivity index (χ0) is 21.4. The summed E-state index contributed by atoms with van der Waals surface area (Å²) >= 11 is 12.3. The van der Waals surface area contributed by atoms with Gasteiger partial charge in [0.25, 0.3) is 0 Å². The van der Waals surface area contributed by atoms with Crippen molar-refractivity contribution in [3.63, 3.8) is 0 Å². The minimum Gasteiger partial charge on any atom is -0.489 e. The van der Waals surface area contributed by atoms with Gasteiger partial charge in [-0.2, -0.15) is 0 Å². The van der Waals surface area contributed by atoms with Crippen molar-refractivity contribution in [2.75, 3.05) is 11.9 Å². The van der Waals surface area contributed by atoms with Crippen LogP contribution in [0.2, 0.25) is 10.0 Å². The van der Waals surface area contributed by atoms with Crippen molar-refractivity contribution in [1.82, 2.24) is 15.0 Å². The normalized spacial score (nSPS) is 22.5. The maximum absolute atomic E-state index is 6.30. The Balaban J connectivity index is 1.18. The Morgan fingerprint density at radius 3 is 2.91 bits per heavy atom. The van der Waals surface area contributed by atoms with E-state index in [0.29, 0.717) is 10.0 Å². The first kappa shape index (κ1) is 18.6. The average Bonchev–Trinajstić information content (AvgIpc) is 3.15. The van der Waals surface area contributed by atoms with E-state index in [-0.39, 0.29) is 17.9 Å². The molecule has 6 nitrogen and oxygen atoms in total. The molecule has 2 aromatic carbocycles.